The number of aromatic nitrogens is 1. The van der Waals surface area contributed by atoms with E-state index in [0.717, 1.165) is 18.6 Å². The summed E-state index contributed by atoms with van der Waals surface area (Å²) in [7, 11) is 0. The Morgan fingerprint density at radius 3 is 2.67 bits per heavy atom. The van der Waals surface area contributed by atoms with Crippen LogP contribution in [0.1, 0.15) is 44.7 Å². The largest absolute Gasteiger partial charge is 0.322 e. The van der Waals surface area contributed by atoms with Crippen molar-refractivity contribution in [2.75, 3.05) is 13.1 Å². The highest BCUT2D eigenvalue weighted by Gasteiger charge is 2.34. The van der Waals surface area contributed by atoms with Crippen molar-refractivity contribution in [2.45, 2.75) is 44.7 Å². The van der Waals surface area contributed by atoms with E-state index in [2.05, 4.69) is 48.0 Å². The lowest BCUT2D eigenvalue weighted by atomic mass is 9.86. The second kappa shape index (κ2) is 5.74. The van der Waals surface area contributed by atoms with Crippen LogP contribution in [0.2, 0.25) is 0 Å². The number of hydrogen-bond donors (Lipinski definition) is 1. The van der Waals surface area contributed by atoms with E-state index >= 15 is 0 Å². The van der Waals surface area contributed by atoms with Gasteiger partial charge in [0.05, 0.1) is 5.52 Å². The number of piperidine rings is 1. The predicted octanol–water partition coefficient (Wildman–Crippen LogP) is 3.50. The first-order chi connectivity index (χ1) is 10.1. The first kappa shape index (κ1) is 14.5. The Labute approximate surface area is 127 Å². The molecule has 1 aliphatic rings. The van der Waals surface area contributed by atoms with Crippen LogP contribution in [0.5, 0.6) is 0 Å². The van der Waals surface area contributed by atoms with E-state index < -0.39 is 0 Å². The molecule has 0 bridgehead atoms. The van der Waals surface area contributed by atoms with Crippen molar-refractivity contribution in [3.05, 3.63) is 42.1 Å². The molecule has 0 amide bonds. The number of fused-ring (bicyclic) bond motifs is 1. The van der Waals surface area contributed by atoms with E-state index in [1.54, 1.807) is 0 Å². The molecule has 3 rings (SSSR count). The lowest BCUT2D eigenvalue weighted by Gasteiger charge is -2.44. The molecule has 3 nitrogen and oxygen atoms in total. The topological polar surface area (TPSA) is 42.1 Å². The van der Waals surface area contributed by atoms with Crippen molar-refractivity contribution >= 4 is 10.9 Å². The Balaban J connectivity index is 1.89. The summed E-state index contributed by atoms with van der Waals surface area (Å²) in [5.74, 6) is 0. The number of hydrogen-bond acceptors (Lipinski definition) is 3. The summed E-state index contributed by atoms with van der Waals surface area (Å²) in [6.07, 6.45) is 5.76. The van der Waals surface area contributed by atoms with Gasteiger partial charge in [-0.1, -0.05) is 24.6 Å². The molecule has 2 N–H and O–H groups in total. The molecule has 1 fully saturated rings. The summed E-state index contributed by atoms with van der Waals surface area (Å²) in [6.45, 7) is 6.86. The number of pyridine rings is 1. The van der Waals surface area contributed by atoms with Gasteiger partial charge in [-0.2, -0.15) is 0 Å². The van der Waals surface area contributed by atoms with Crippen LogP contribution in [-0.4, -0.2) is 28.5 Å². The summed E-state index contributed by atoms with van der Waals surface area (Å²) in [5, 5.41) is 1.17. The maximum absolute atomic E-state index is 6.63. The van der Waals surface area contributed by atoms with E-state index in [-0.39, 0.29) is 11.6 Å². The number of nitrogens with zero attached hydrogens (tertiary/aromatic N) is 2. The summed E-state index contributed by atoms with van der Waals surface area (Å²) in [6, 6.07) is 10.5. The third kappa shape index (κ3) is 2.81. The average Bonchev–Trinajstić information content (AvgIpc) is 2.54. The quantitative estimate of drug-likeness (QED) is 0.937. The molecule has 1 aromatic heterocycles. The van der Waals surface area contributed by atoms with Gasteiger partial charge in [0, 0.05) is 23.2 Å². The van der Waals surface area contributed by atoms with Crippen molar-refractivity contribution in [2.24, 2.45) is 5.73 Å². The number of benzene rings is 1. The summed E-state index contributed by atoms with van der Waals surface area (Å²) >= 11 is 0. The van der Waals surface area contributed by atoms with Crippen LogP contribution in [0, 0.1) is 0 Å². The molecular weight excluding hydrogens is 258 g/mol. The molecule has 0 spiro atoms. The smallest absolute Gasteiger partial charge is 0.0705 e. The maximum atomic E-state index is 6.63. The van der Waals surface area contributed by atoms with Crippen LogP contribution in [-0.2, 0) is 0 Å². The second-order valence-corrected chi connectivity index (χ2v) is 6.63. The Morgan fingerprint density at radius 1 is 1.14 bits per heavy atom. The fourth-order valence-corrected chi connectivity index (χ4v) is 3.35. The Morgan fingerprint density at radius 2 is 1.90 bits per heavy atom. The molecule has 1 unspecified atom stereocenters. The van der Waals surface area contributed by atoms with Gasteiger partial charge in [-0.05, 0) is 57.5 Å². The SMILES string of the molecule is CC(C)(C(N)c1ccc2cccnc2c1)N1CCCCC1. The van der Waals surface area contributed by atoms with Crippen LogP contribution in [0.25, 0.3) is 10.9 Å². The van der Waals surface area contributed by atoms with Crippen LogP contribution in [0.15, 0.2) is 36.5 Å². The molecule has 112 valence electrons. The van der Waals surface area contributed by atoms with Crippen LogP contribution < -0.4 is 5.73 Å². The molecule has 3 heteroatoms. The standard InChI is InChI=1S/C18H25N3/c1-18(2,21-11-4-3-5-12-21)17(19)15-9-8-14-7-6-10-20-16(14)13-15/h6-10,13,17H,3-5,11-12,19H2,1-2H3. The van der Waals surface area contributed by atoms with E-state index in [1.807, 2.05) is 12.3 Å². The van der Waals surface area contributed by atoms with E-state index in [9.17, 15) is 0 Å². The third-order valence-electron chi connectivity index (χ3n) is 4.92. The van der Waals surface area contributed by atoms with Gasteiger partial charge in [-0.15, -0.1) is 0 Å². The first-order valence-electron chi connectivity index (χ1n) is 7.94. The lowest BCUT2D eigenvalue weighted by molar-refractivity contribution is 0.0730. The normalized spacial score (nSPS) is 18.8. The zero-order chi connectivity index (χ0) is 14.9. The van der Waals surface area contributed by atoms with Crippen molar-refractivity contribution < 1.29 is 0 Å². The van der Waals surface area contributed by atoms with Gasteiger partial charge in [0.2, 0.25) is 0 Å². The maximum Gasteiger partial charge on any atom is 0.0705 e. The summed E-state index contributed by atoms with van der Waals surface area (Å²) in [5.41, 5.74) is 8.81. The average molecular weight is 283 g/mol. The molecule has 2 heterocycles. The molecule has 2 aromatic rings. The van der Waals surface area contributed by atoms with Gasteiger partial charge < -0.3 is 5.73 Å². The Bertz CT molecular complexity index is 615. The fraction of sp³-hybridized carbons (Fsp3) is 0.500. The van der Waals surface area contributed by atoms with Crippen LogP contribution in [0.4, 0.5) is 0 Å². The summed E-state index contributed by atoms with van der Waals surface area (Å²) in [4.78, 5) is 7.00. The van der Waals surface area contributed by atoms with Crippen LogP contribution >= 0.6 is 0 Å². The molecule has 0 radical (unpaired) electrons. The number of rotatable bonds is 3. The lowest BCUT2D eigenvalue weighted by Crippen LogP contribution is -2.53. The first-order valence-corrected chi connectivity index (χ1v) is 7.94. The Kier molecular flexibility index (Phi) is 3.96. The molecule has 1 aromatic carbocycles. The van der Waals surface area contributed by atoms with E-state index in [4.69, 9.17) is 5.73 Å². The van der Waals surface area contributed by atoms with Crippen molar-refractivity contribution in [1.29, 1.82) is 0 Å². The van der Waals surface area contributed by atoms with E-state index in [0.29, 0.717) is 0 Å². The van der Waals surface area contributed by atoms with Crippen LogP contribution in [0.3, 0.4) is 0 Å². The Hall–Kier alpha value is -1.45. The molecule has 21 heavy (non-hydrogen) atoms. The molecule has 0 aliphatic carbocycles. The highest BCUT2D eigenvalue weighted by Crippen LogP contribution is 2.32. The van der Waals surface area contributed by atoms with Gasteiger partial charge in [-0.3, -0.25) is 9.88 Å². The minimum atomic E-state index is -0.0249. The monoisotopic (exact) mass is 283 g/mol. The molecule has 1 saturated heterocycles. The zero-order valence-corrected chi connectivity index (χ0v) is 13.0. The second-order valence-electron chi connectivity index (χ2n) is 6.63. The van der Waals surface area contributed by atoms with Crippen molar-refractivity contribution in [1.82, 2.24) is 9.88 Å². The third-order valence-corrected chi connectivity index (χ3v) is 4.92. The molecular formula is C18H25N3. The molecule has 0 saturated carbocycles. The molecule has 1 atom stereocenters. The summed E-state index contributed by atoms with van der Waals surface area (Å²) < 4.78 is 0. The zero-order valence-electron chi connectivity index (χ0n) is 13.0. The highest BCUT2D eigenvalue weighted by atomic mass is 15.2. The fourth-order valence-electron chi connectivity index (χ4n) is 3.35. The number of likely N-dealkylation sites (tertiary alicyclic amines) is 1. The van der Waals surface area contributed by atoms with Gasteiger partial charge in [0.1, 0.15) is 0 Å². The number of nitrogens with two attached hydrogens (primary N) is 1. The molecule has 1 aliphatic heterocycles. The van der Waals surface area contributed by atoms with Gasteiger partial charge in [0.15, 0.2) is 0 Å². The van der Waals surface area contributed by atoms with Crippen molar-refractivity contribution in [3.63, 3.8) is 0 Å². The predicted molar refractivity (Wildman–Crippen MR) is 88.2 cm³/mol. The highest BCUT2D eigenvalue weighted by molar-refractivity contribution is 5.79. The van der Waals surface area contributed by atoms with Gasteiger partial charge >= 0.3 is 0 Å². The van der Waals surface area contributed by atoms with Gasteiger partial charge in [-0.25, -0.2) is 0 Å². The van der Waals surface area contributed by atoms with Gasteiger partial charge in [0.25, 0.3) is 0 Å². The van der Waals surface area contributed by atoms with Crippen molar-refractivity contribution in [3.8, 4) is 0 Å². The van der Waals surface area contributed by atoms with E-state index in [1.165, 1.54) is 30.2 Å². The minimum Gasteiger partial charge on any atom is -0.322 e. The minimum absolute atomic E-state index is 0.00186.